The molecule has 1 saturated heterocycles. The summed E-state index contributed by atoms with van der Waals surface area (Å²) in [5.74, 6) is 0.702. The first-order valence-corrected chi connectivity index (χ1v) is 6.23. The van der Waals surface area contributed by atoms with Crippen LogP contribution >= 0.6 is 0 Å². The van der Waals surface area contributed by atoms with E-state index in [4.69, 9.17) is 0 Å². The number of nitrogens with one attached hydrogen (secondary N) is 1. The third kappa shape index (κ3) is 1.90. The molecule has 5 nitrogen and oxygen atoms in total. The highest BCUT2D eigenvalue weighted by Gasteiger charge is 2.21. The molecule has 5 heteroatoms. The van der Waals surface area contributed by atoms with Gasteiger partial charge >= 0.3 is 5.69 Å². The van der Waals surface area contributed by atoms with Crippen LogP contribution in [-0.4, -0.2) is 39.7 Å². The molecule has 1 fully saturated rings. The summed E-state index contributed by atoms with van der Waals surface area (Å²) in [6, 6.07) is 4.97. The molecule has 3 rings (SSSR count). The van der Waals surface area contributed by atoms with Crippen molar-refractivity contribution in [3.05, 3.63) is 28.7 Å². The molecule has 2 N–H and O–H groups in total. The Labute approximate surface area is 105 Å². The first kappa shape index (κ1) is 11.3. The van der Waals surface area contributed by atoms with Gasteiger partial charge in [-0.05, 0) is 38.1 Å². The predicted molar refractivity (Wildman–Crippen MR) is 69.8 cm³/mol. The monoisotopic (exact) mass is 247 g/mol. The Bertz CT molecular complexity index is 629. The molecule has 2 aromatic rings. The van der Waals surface area contributed by atoms with Gasteiger partial charge < -0.3 is 15.0 Å². The van der Waals surface area contributed by atoms with Gasteiger partial charge in [0.2, 0.25) is 0 Å². The average Bonchev–Trinajstić information content (AvgIpc) is 2.86. The lowest BCUT2D eigenvalue weighted by molar-refractivity contribution is 0.378. The molecule has 1 aromatic carbocycles. The summed E-state index contributed by atoms with van der Waals surface area (Å²) < 4.78 is 1.74. The van der Waals surface area contributed by atoms with E-state index >= 15 is 0 Å². The van der Waals surface area contributed by atoms with Crippen molar-refractivity contribution < 1.29 is 5.11 Å². The fourth-order valence-corrected chi connectivity index (χ4v) is 2.76. The molecule has 0 amide bonds. The van der Waals surface area contributed by atoms with Crippen molar-refractivity contribution in [3.8, 4) is 5.75 Å². The number of aromatic amines is 1. The summed E-state index contributed by atoms with van der Waals surface area (Å²) in [5.41, 5.74) is 1.48. The summed E-state index contributed by atoms with van der Waals surface area (Å²) in [4.78, 5) is 17.0. The van der Waals surface area contributed by atoms with Crippen molar-refractivity contribution in [1.29, 1.82) is 0 Å². The molecule has 1 aliphatic rings. The minimum absolute atomic E-state index is 0.0925. The quantitative estimate of drug-likeness (QED) is 0.832. The minimum Gasteiger partial charge on any atom is -0.508 e. The zero-order valence-electron chi connectivity index (χ0n) is 10.4. The highest BCUT2D eigenvalue weighted by Crippen LogP contribution is 2.21. The maximum absolute atomic E-state index is 11.9. The van der Waals surface area contributed by atoms with Crippen molar-refractivity contribution in [3.63, 3.8) is 0 Å². The van der Waals surface area contributed by atoms with Crippen LogP contribution in [0.2, 0.25) is 0 Å². The van der Waals surface area contributed by atoms with E-state index in [0.717, 1.165) is 30.5 Å². The van der Waals surface area contributed by atoms with Crippen LogP contribution in [0.15, 0.2) is 23.0 Å². The molecule has 18 heavy (non-hydrogen) atoms. The number of phenolic OH excluding ortho intramolecular Hbond substituents is 1. The molecule has 1 atom stereocenters. The van der Waals surface area contributed by atoms with E-state index in [9.17, 15) is 9.90 Å². The van der Waals surface area contributed by atoms with Crippen LogP contribution in [0.5, 0.6) is 5.75 Å². The molecule has 96 valence electrons. The Balaban J connectivity index is 1.98. The number of nitrogens with zero attached hydrogens (tertiary/aromatic N) is 2. The normalized spacial score (nSPS) is 20.8. The number of rotatable bonds is 2. The first-order chi connectivity index (χ1) is 8.63. The maximum atomic E-state index is 11.9. The Hall–Kier alpha value is -1.75. The number of hydrogen-bond acceptors (Lipinski definition) is 3. The van der Waals surface area contributed by atoms with Gasteiger partial charge in [-0.15, -0.1) is 0 Å². The van der Waals surface area contributed by atoms with Gasteiger partial charge in [-0.1, -0.05) is 0 Å². The summed E-state index contributed by atoms with van der Waals surface area (Å²) in [7, 11) is 2.10. The van der Waals surface area contributed by atoms with E-state index in [1.807, 2.05) is 0 Å². The summed E-state index contributed by atoms with van der Waals surface area (Å²) in [6.07, 6.45) is 1.12. The third-order valence-corrected chi connectivity index (χ3v) is 3.69. The number of likely N-dealkylation sites (tertiary alicyclic amines) is 1. The molecular weight excluding hydrogens is 230 g/mol. The van der Waals surface area contributed by atoms with E-state index in [0.29, 0.717) is 12.5 Å². The summed E-state index contributed by atoms with van der Waals surface area (Å²) in [5, 5.41) is 9.53. The summed E-state index contributed by atoms with van der Waals surface area (Å²) in [6.45, 7) is 2.83. The minimum atomic E-state index is -0.0925. The van der Waals surface area contributed by atoms with Crippen LogP contribution in [0.25, 0.3) is 11.0 Å². The zero-order chi connectivity index (χ0) is 12.7. The number of aromatic hydroxyl groups is 1. The van der Waals surface area contributed by atoms with E-state index in [1.54, 1.807) is 22.8 Å². The average molecular weight is 247 g/mol. The van der Waals surface area contributed by atoms with Crippen LogP contribution in [0, 0.1) is 5.92 Å². The van der Waals surface area contributed by atoms with Crippen LogP contribution in [0.1, 0.15) is 6.42 Å². The van der Waals surface area contributed by atoms with Crippen molar-refractivity contribution in [1.82, 2.24) is 14.5 Å². The largest absolute Gasteiger partial charge is 0.508 e. The van der Waals surface area contributed by atoms with Gasteiger partial charge in [0, 0.05) is 19.2 Å². The maximum Gasteiger partial charge on any atom is 0.326 e. The highest BCUT2D eigenvalue weighted by molar-refractivity contribution is 5.76. The standard InChI is InChI=1S/C13H17N3O2/c1-15-5-4-9(7-15)8-16-12-6-10(17)2-3-11(12)14-13(16)18/h2-3,6,9,17H,4-5,7-8H2,1H3,(H,14,18). The van der Waals surface area contributed by atoms with Gasteiger partial charge in [0.25, 0.3) is 0 Å². The number of aromatic nitrogens is 2. The van der Waals surface area contributed by atoms with Crippen LogP contribution in [0.3, 0.4) is 0 Å². The topological polar surface area (TPSA) is 61.3 Å². The molecule has 1 unspecified atom stereocenters. The molecule has 0 aliphatic carbocycles. The third-order valence-electron chi connectivity index (χ3n) is 3.69. The molecule has 0 spiro atoms. The van der Waals surface area contributed by atoms with Crippen molar-refractivity contribution in [2.45, 2.75) is 13.0 Å². The lowest BCUT2D eigenvalue weighted by Crippen LogP contribution is -2.23. The number of phenols is 1. The Morgan fingerprint density at radius 2 is 2.33 bits per heavy atom. The van der Waals surface area contributed by atoms with Crippen molar-refractivity contribution >= 4 is 11.0 Å². The lowest BCUT2D eigenvalue weighted by atomic mass is 10.1. The molecule has 0 saturated carbocycles. The predicted octanol–water partition coefficient (Wildman–Crippen LogP) is 0.987. The zero-order valence-corrected chi connectivity index (χ0v) is 10.4. The molecule has 2 heterocycles. The van der Waals surface area contributed by atoms with Crippen molar-refractivity contribution in [2.75, 3.05) is 20.1 Å². The highest BCUT2D eigenvalue weighted by atomic mass is 16.3. The number of H-pyrrole nitrogens is 1. The number of fused-ring (bicyclic) bond motifs is 1. The van der Waals surface area contributed by atoms with Crippen LogP contribution in [0.4, 0.5) is 0 Å². The molecule has 0 radical (unpaired) electrons. The van der Waals surface area contributed by atoms with Gasteiger partial charge in [0.1, 0.15) is 5.75 Å². The molecule has 1 aromatic heterocycles. The number of hydrogen-bond donors (Lipinski definition) is 2. The Morgan fingerprint density at radius 1 is 1.50 bits per heavy atom. The number of benzene rings is 1. The van der Waals surface area contributed by atoms with E-state index in [1.165, 1.54) is 0 Å². The van der Waals surface area contributed by atoms with Gasteiger partial charge in [-0.25, -0.2) is 4.79 Å². The number of imidazole rings is 1. The molecule has 1 aliphatic heterocycles. The van der Waals surface area contributed by atoms with Gasteiger partial charge in [0.05, 0.1) is 11.0 Å². The fourth-order valence-electron chi connectivity index (χ4n) is 2.76. The SMILES string of the molecule is CN1CCC(Cn2c(=O)[nH]c3ccc(O)cc32)C1. The second-order valence-electron chi connectivity index (χ2n) is 5.16. The van der Waals surface area contributed by atoms with Gasteiger partial charge in [-0.3, -0.25) is 4.57 Å². The van der Waals surface area contributed by atoms with Crippen molar-refractivity contribution in [2.24, 2.45) is 5.92 Å². The molecular formula is C13H17N3O2. The van der Waals surface area contributed by atoms with Gasteiger partial charge in [-0.2, -0.15) is 0 Å². The second-order valence-corrected chi connectivity index (χ2v) is 5.16. The summed E-state index contributed by atoms with van der Waals surface area (Å²) >= 11 is 0. The first-order valence-electron chi connectivity index (χ1n) is 6.23. The van der Waals surface area contributed by atoms with E-state index in [-0.39, 0.29) is 11.4 Å². The molecule has 0 bridgehead atoms. The fraction of sp³-hybridized carbons (Fsp3) is 0.462. The van der Waals surface area contributed by atoms with E-state index < -0.39 is 0 Å². The van der Waals surface area contributed by atoms with Crippen LogP contribution in [-0.2, 0) is 6.54 Å². The van der Waals surface area contributed by atoms with Gasteiger partial charge in [0.15, 0.2) is 0 Å². The van der Waals surface area contributed by atoms with E-state index in [2.05, 4.69) is 16.9 Å². The Kier molecular flexibility index (Phi) is 2.63. The Morgan fingerprint density at radius 3 is 3.06 bits per heavy atom. The van der Waals surface area contributed by atoms with Crippen LogP contribution < -0.4 is 5.69 Å². The second kappa shape index (κ2) is 4.17. The smallest absolute Gasteiger partial charge is 0.326 e. The lowest BCUT2D eigenvalue weighted by Gasteiger charge is -2.11.